The number of hydrogen-bond donors (Lipinski definition) is 1. The molecule has 3 heterocycles. The molecule has 0 radical (unpaired) electrons. The Bertz CT molecular complexity index is 805. The van der Waals surface area contributed by atoms with Crippen molar-refractivity contribution in [2.75, 3.05) is 31.5 Å². The Morgan fingerprint density at radius 2 is 2.00 bits per heavy atom. The fourth-order valence-corrected chi connectivity index (χ4v) is 4.82. The number of rotatable bonds is 4. The van der Waals surface area contributed by atoms with Crippen LogP contribution < -0.4 is 5.32 Å². The van der Waals surface area contributed by atoms with Crippen LogP contribution in [0.1, 0.15) is 23.3 Å². The summed E-state index contributed by atoms with van der Waals surface area (Å²) in [5.41, 5.74) is 2.12. The lowest BCUT2D eigenvalue weighted by Gasteiger charge is -2.34. The van der Waals surface area contributed by atoms with E-state index < -0.39 is 0 Å². The zero-order valence-electron chi connectivity index (χ0n) is 15.4. The largest absolute Gasteiger partial charge is 0.337 e. The van der Waals surface area contributed by atoms with Crippen LogP contribution in [-0.2, 0) is 22.6 Å². The Morgan fingerprint density at radius 1 is 1.15 bits per heavy atom. The molecule has 1 saturated heterocycles. The fraction of sp³-hybridized carbons (Fsp3) is 0.429. The minimum Gasteiger partial charge on any atom is -0.337 e. The van der Waals surface area contributed by atoms with Crippen LogP contribution in [0.25, 0.3) is 0 Å². The van der Waals surface area contributed by atoms with Crippen LogP contribution in [0.2, 0.25) is 0 Å². The van der Waals surface area contributed by atoms with Crippen LogP contribution >= 0.6 is 11.3 Å². The van der Waals surface area contributed by atoms with Crippen LogP contribution in [0, 0.1) is 5.92 Å². The van der Waals surface area contributed by atoms with E-state index in [4.69, 9.17) is 0 Å². The van der Waals surface area contributed by atoms with Gasteiger partial charge in [-0.2, -0.15) is 0 Å². The number of thiophene rings is 1. The predicted octanol–water partition coefficient (Wildman–Crippen LogP) is 2.98. The Kier molecular flexibility index (Phi) is 5.55. The van der Waals surface area contributed by atoms with Gasteiger partial charge in [-0.3, -0.25) is 14.5 Å². The van der Waals surface area contributed by atoms with Gasteiger partial charge in [-0.05, 0) is 54.9 Å². The highest BCUT2D eigenvalue weighted by atomic mass is 32.1. The molecule has 27 heavy (non-hydrogen) atoms. The highest BCUT2D eigenvalue weighted by Gasteiger charge is 2.29. The minimum atomic E-state index is -0.0587. The number of hydrogen-bond acceptors (Lipinski definition) is 4. The van der Waals surface area contributed by atoms with Crippen molar-refractivity contribution in [3.8, 4) is 0 Å². The predicted molar refractivity (Wildman–Crippen MR) is 108 cm³/mol. The van der Waals surface area contributed by atoms with Gasteiger partial charge in [0.2, 0.25) is 11.8 Å². The number of amides is 2. The maximum atomic E-state index is 12.8. The molecule has 1 N–H and O–H groups in total. The van der Waals surface area contributed by atoms with Gasteiger partial charge in [0.25, 0.3) is 0 Å². The number of piperidine rings is 1. The maximum absolute atomic E-state index is 12.8. The summed E-state index contributed by atoms with van der Waals surface area (Å²) in [6.45, 7) is 3.48. The van der Waals surface area contributed by atoms with Gasteiger partial charge in [-0.1, -0.05) is 18.2 Å². The molecule has 5 nitrogen and oxygen atoms in total. The van der Waals surface area contributed by atoms with E-state index in [2.05, 4.69) is 21.7 Å². The van der Waals surface area contributed by atoms with E-state index >= 15 is 0 Å². The van der Waals surface area contributed by atoms with E-state index in [1.807, 2.05) is 35.2 Å². The van der Waals surface area contributed by atoms with Gasteiger partial charge in [-0.25, -0.2) is 0 Å². The quantitative estimate of drug-likeness (QED) is 0.883. The molecule has 1 unspecified atom stereocenters. The molecule has 1 fully saturated rings. The average Bonchev–Trinajstić information content (AvgIpc) is 3.17. The second kappa shape index (κ2) is 8.23. The standard InChI is InChI=1S/C21H25N3O2S/c25-20(24-11-8-19-16(14-24)9-12-27-19)15-23-10-4-5-17(13-23)21(26)22-18-6-2-1-3-7-18/h1-3,6-7,9,12,17H,4-5,8,10-11,13-15H2,(H,22,26). The summed E-state index contributed by atoms with van der Waals surface area (Å²) in [6, 6.07) is 11.7. The minimum absolute atomic E-state index is 0.0548. The zero-order chi connectivity index (χ0) is 18.6. The van der Waals surface area contributed by atoms with Crippen molar-refractivity contribution in [1.29, 1.82) is 0 Å². The summed E-state index contributed by atoms with van der Waals surface area (Å²) in [5.74, 6) is 0.173. The first-order valence-corrected chi connectivity index (χ1v) is 10.5. The lowest BCUT2D eigenvalue weighted by atomic mass is 9.97. The summed E-state index contributed by atoms with van der Waals surface area (Å²) in [6.07, 6.45) is 2.79. The van der Waals surface area contributed by atoms with Crippen molar-refractivity contribution in [1.82, 2.24) is 9.80 Å². The first kappa shape index (κ1) is 18.2. The Balaban J connectivity index is 1.30. The molecular formula is C21H25N3O2S. The van der Waals surface area contributed by atoms with Crippen molar-refractivity contribution in [3.05, 3.63) is 52.2 Å². The Morgan fingerprint density at radius 3 is 2.85 bits per heavy atom. The van der Waals surface area contributed by atoms with Crippen molar-refractivity contribution in [2.45, 2.75) is 25.8 Å². The number of carbonyl (C=O) groups is 2. The molecule has 4 rings (SSSR count). The van der Waals surface area contributed by atoms with Crippen molar-refractivity contribution >= 4 is 28.8 Å². The van der Waals surface area contributed by atoms with Gasteiger partial charge in [0.05, 0.1) is 12.5 Å². The van der Waals surface area contributed by atoms with E-state index in [0.717, 1.165) is 44.6 Å². The number of nitrogens with one attached hydrogen (secondary N) is 1. The van der Waals surface area contributed by atoms with E-state index in [1.54, 1.807) is 11.3 Å². The maximum Gasteiger partial charge on any atom is 0.237 e. The molecule has 0 saturated carbocycles. The van der Waals surface area contributed by atoms with Crippen molar-refractivity contribution < 1.29 is 9.59 Å². The van der Waals surface area contributed by atoms with Crippen LogP contribution in [0.4, 0.5) is 5.69 Å². The van der Waals surface area contributed by atoms with Gasteiger partial charge in [-0.15, -0.1) is 11.3 Å². The van der Waals surface area contributed by atoms with E-state index in [1.165, 1.54) is 10.4 Å². The number of nitrogens with zero attached hydrogens (tertiary/aromatic N) is 2. The number of para-hydroxylation sites is 1. The first-order chi connectivity index (χ1) is 13.2. The monoisotopic (exact) mass is 383 g/mol. The Hall–Kier alpha value is -2.18. The lowest BCUT2D eigenvalue weighted by molar-refractivity contribution is -0.134. The number of likely N-dealkylation sites (tertiary alicyclic amines) is 1. The fourth-order valence-electron chi connectivity index (χ4n) is 3.93. The topological polar surface area (TPSA) is 52.7 Å². The third kappa shape index (κ3) is 4.39. The highest BCUT2D eigenvalue weighted by molar-refractivity contribution is 7.10. The molecular weight excluding hydrogens is 358 g/mol. The van der Waals surface area contributed by atoms with Gasteiger partial charge in [0, 0.05) is 30.2 Å². The molecule has 0 spiro atoms. The molecule has 2 aromatic rings. The molecule has 2 amide bonds. The molecule has 6 heteroatoms. The second-order valence-corrected chi connectivity index (χ2v) is 8.36. The normalized spacial score (nSPS) is 20.1. The molecule has 1 aromatic carbocycles. The Labute approximate surface area is 164 Å². The third-order valence-corrected chi connectivity index (χ3v) is 6.46. The average molecular weight is 384 g/mol. The van der Waals surface area contributed by atoms with E-state index in [9.17, 15) is 9.59 Å². The van der Waals surface area contributed by atoms with Crippen molar-refractivity contribution in [3.63, 3.8) is 0 Å². The van der Waals surface area contributed by atoms with Gasteiger partial charge < -0.3 is 10.2 Å². The third-order valence-electron chi connectivity index (χ3n) is 5.44. The lowest BCUT2D eigenvalue weighted by Crippen LogP contribution is -2.47. The molecule has 1 aromatic heterocycles. The van der Waals surface area contributed by atoms with Gasteiger partial charge >= 0.3 is 0 Å². The smallest absolute Gasteiger partial charge is 0.237 e. The van der Waals surface area contributed by atoms with Gasteiger partial charge in [0.15, 0.2) is 0 Å². The number of carbonyl (C=O) groups excluding carboxylic acids is 2. The van der Waals surface area contributed by atoms with Crippen molar-refractivity contribution in [2.24, 2.45) is 5.92 Å². The van der Waals surface area contributed by atoms with Crippen LogP contribution in [0.5, 0.6) is 0 Å². The van der Waals surface area contributed by atoms with Crippen LogP contribution in [-0.4, -0.2) is 47.8 Å². The summed E-state index contributed by atoms with van der Waals surface area (Å²) in [4.78, 5) is 30.8. The SMILES string of the molecule is O=C(Nc1ccccc1)C1CCCN(CC(=O)N2CCc3sccc3C2)C1. The second-order valence-electron chi connectivity index (χ2n) is 7.36. The summed E-state index contributed by atoms with van der Waals surface area (Å²) in [7, 11) is 0. The summed E-state index contributed by atoms with van der Waals surface area (Å²) >= 11 is 1.79. The van der Waals surface area contributed by atoms with E-state index in [-0.39, 0.29) is 17.7 Å². The molecule has 1 atom stereocenters. The highest BCUT2D eigenvalue weighted by Crippen LogP contribution is 2.24. The van der Waals surface area contributed by atoms with Gasteiger partial charge in [0.1, 0.15) is 0 Å². The molecule has 0 bridgehead atoms. The molecule has 2 aliphatic heterocycles. The van der Waals surface area contributed by atoms with Crippen LogP contribution in [0.15, 0.2) is 41.8 Å². The molecule has 0 aliphatic carbocycles. The molecule has 142 valence electrons. The number of anilines is 1. The first-order valence-electron chi connectivity index (χ1n) is 9.60. The number of benzene rings is 1. The number of fused-ring (bicyclic) bond motifs is 1. The van der Waals surface area contributed by atoms with E-state index in [0.29, 0.717) is 13.1 Å². The molecule has 2 aliphatic rings. The summed E-state index contributed by atoms with van der Waals surface area (Å²) < 4.78 is 0. The summed E-state index contributed by atoms with van der Waals surface area (Å²) in [5, 5.41) is 5.11. The van der Waals surface area contributed by atoms with Crippen LogP contribution in [0.3, 0.4) is 0 Å². The zero-order valence-corrected chi connectivity index (χ0v) is 16.2.